The highest BCUT2D eigenvalue weighted by molar-refractivity contribution is 6.21. The van der Waals surface area contributed by atoms with Gasteiger partial charge in [0.15, 0.2) is 5.54 Å². The Morgan fingerprint density at radius 1 is 0.893 bits per heavy atom. The third kappa shape index (κ3) is 3.51. The van der Waals surface area contributed by atoms with E-state index in [1.54, 1.807) is 30.3 Å². The van der Waals surface area contributed by atoms with Crippen molar-refractivity contribution >= 4 is 11.8 Å². The summed E-state index contributed by atoms with van der Waals surface area (Å²) >= 11 is 0. The maximum atomic E-state index is 13.5. The maximum absolute atomic E-state index is 13.5. The standard InChI is InChI=1S/C21H17F3N2O2/c22-21(23,24)20(25,15-9-3-1-4-10-15)13-7-2-8-14-26-18(27)16-11-5-6-12-17(16)19(26)28/h1,3-6,9-12H,2,8,14,25H2. The molecule has 144 valence electrons. The largest absolute Gasteiger partial charge is 0.422 e. The Morgan fingerprint density at radius 3 is 1.96 bits per heavy atom. The van der Waals surface area contributed by atoms with E-state index in [1.807, 2.05) is 0 Å². The Bertz CT molecular complexity index is 926. The van der Waals surface area contributed by atoms with E-state index in [-0.39, 0.29) is 24.9 Å². The van der Waals surface area contributed by atoms with E-state index in [1.165, 1.54) is 24.3 Å². The molecule has 4 nitrogen and oxygen atoms in total. The molecule has 0 radical (unpaired) electrons. The molecule has 0 aliphatic carbocycles. The number of carbonyl (C=O) groups excluding carboxylic acids is 2. The molecule has 0 spiro atoms. The van der Waals surface area contributed by atoms with E-state index < -0.39 is 23.5 Å². The molecule has 2 aromatic carbocycles. The van der Waals surface area contributed by atoms with Gasteiger partial charge in [-0.2, -0.15) is 13.2 Å². The van der Waals surface area contributed by atoms with Gasteiger partial charge in [-0.1, -0.05) is 48.4 Å². The van der Waals surface area contributed by atoms with Crippen LogP contribution >= 0.6 is 0 Å². The molecule has 0 fully saturated rings. The molecule has 2 amide bonds. The first-order valence-corrected chi connectivity index (χ1v) is 8.62. The van der Waals surface area contributed by atoms with Crippen LogP contribution in [0.3, 0.4) is 0 Å². The second kappa shape index (κ2) is 7.49. The predicted molar refractivity (Wildman–Crippen MR) is 97.2 cm³/mol. The van der Waals surface area contributed by atoms with Crippen LogP contribution in [-0.4, -0.2) is 29.4 Å². The summed E-state index contributed by atoms with van der Waals surface area (Å²) in [6.07, 6.45) is -4.43. The van der Waals surface area contributed by atoms with Crippen molar-refractivity contribution in [3.63, 3.8) is 0 Å². The van der Waals surface area contributed by atoms with E-state index in [9.17, 15) is 22.8 Å². The molecule has 1 unspecified atom stereocenters. The van der Waals surface area contributed by atoms with Gasteiger partial charge in [0.25, 0.3) is 11.8 Å². The van der Waals surface area contributed by atoms with E-state index in [0.29, 0.717) is 11.1 Å². The summed E-state index contributed by atoms with van der Waals surface area (Å²) < 4.78 is 40.4. The second-order valence-electron chi connectivity index (χ2n) is 6.38. The van der Waals surface area contributed by atoms with Gasteiger partial charge in [0.2, 0.25) is 0 Å². The Labute approximate surface area is 160 Å². The van der Waals surface area contributed by atoms with Gasteiger partial charge in [-0.05, 0) is 24.1 Å². The molecule has 0 saturated carbocycles. The molecule has 0 aromatic heterocycles. The fraction of sp³-hybridized carbons (Fsp3) is 0.238. The van der Waals surface area contributed by atoms with Crippen molar-refractivity contribution in [1.29, 1.82) is 0 Å². The van der Waals surface area contributed by atoms with Crippen LogP contribution in [0.1, 0.15) is 39.1 Å². The number of hydrogen-bond donors (Lipinski definition) is 1. The summed E-state index contributed by atoms with van der Waals surface area (Å²) in [6, 6.07) is 13.6. The van der Waals surface area contributed by atoms with Crippen molar-refractivity contribution in [3.8, 4) is 11.8 Å². The molecule has 2 aromatic rings. The Balaban J connectivity index is 1.67. The fourth-order valence-corrected chi connectivity index (χ4v) is 2.98. The van der Waals surface area contributed by atoms with Crippen LogP contribution in [-0.2, 0) is 5.54 Å². The molecular weight excluding hydrogens is 369 g/mol. The lowest BCUT2D eigenvalue weighted by atomic mass is 9.90. The molecule has 7 heteroatoms. The number of hydrogen-bond acceptors (Lipinski definition) is 3. The SMILES string of the molecule is NC(C#CCCCN1C(=O)c2ccccc2C1=O)(c1ccccc1)C(F)(F)F. The van der Waals surface area contributed by atoms with Gasteiger partial charge in [0.1, 0.15) is 0 Å². The zero-order valence-corrected chi connectivity index (χ0v) is 14.8. The van der Waals surface area contributed by atoms with Crippen molar-refractivity contribution in [2.75, 3.05) is 6.54 Å². The number of amides is 2. The highest BCUT2D eigenvalue weighted by Crippen LogP contribution is 2.36. The molecule has 1 atom stereocenters. The molecule has 2 N–H and O–H groups in total. The van der Waals surface area contributed by atoms with E-state index >= 15 is 0 Å². The summed E-state index contributed by atoms with van der Waals surface area (Å²) in [6.45, 7) is 0.0793. The van der Waals surface area contributed by atoms with Crippen LogP contribution in [0.2, 0.25) is 0 Å². The zero-order chi connectivity index (χ0) is 20.4. The third-order valence-corrected chi connectivity index (χ3v) is 4.52. The van der Waals surface area contributed by atoms with Gasteiger partial charge in [0, 0.05) is 13.0 Å². The smallest absolute Gasteiger partial charge is 0.304 e. The van der Waals surface area contributed by atoms with Crippen molar-refractivity contribution in [2.45, 2.75) is 24.6 Å². The third-order valence-electron chi connectivity index (χ3n) is 4.52. The highest BCUT2D eigenvalue weighted by Gasteiger charge is 2.52. The molecule has 0 bridgehead atoms. The summed E-state index contributed by atoms with van der Waals surface area (Å²) in [5.41, 5.74) is 3.34. The monoisotopic (exact) mass is 386 g/mol. The van der Waals surface area contributed by atoms with E-state index in [0.717, 1.165) is 4.90 Å². The number of alkyl halides is 3. The number of carbonyl (C=O) groups is 2. The average Bonchev–Trinajstić information content (AvgIpc) is 2.92. The predicted octanol–water partition coefficient (Wildman–Crippen LogP) is 3.48. The number of imide groups is 1. The highest BCUT2D eigenvalue weighted by atomic mass is 19.4. The first-order valence-electron chi connectivity index (χ1n) is 8.62. The van der Waals surface area contributed by atoms with E-state index in [2.05, 4.69) is 11.8 Å². The first kappa shape index (κ1) is 19.6. The fourth-order valence-electron chi connectivity index (χ4n) is 2.98. The van der Waals surface area contributed by atoms with Crippen LogP contribution in [0.25, 0.3) is 0 Å². The Morgan fingerprint density at radius 2 is 1.43 bits per heavy atom. The van der Waals surface area contributed by atoms with Crippen molar-refractivity contribution in [2.24, 2.45) is 5.73 Å². The lowest BCUT2D eigenvalue weighted by molar-refractivity contribution is -0.171. The molecule has 1 heterocycles. The number of fused-ring (bicyclic) bond motifs is 1. The molecular formula is C21H17F3N2O2. The second-order valence-corrected chi connectivity index (χ2v) is 6.38. The molecule has 0 saturated heterocycles. The lowest BCUT2D eigenvalue weighted by Crippen LogP contribution is -2.49. The lowest BCUT2D eigenvalue weighted by Gasteiger charge is -2.27. The van der Waals surface area contributed by atoms with Gasteiger partial charge in [0.05, 0.1) is 11.1 Å². The van der Waals surface area contributed by atoms with Crippen LogP contribution in [0.4, 0.5) is 13.2 Å². The van der Waals surface area contributed by atoms with E-state index in [4.69, 9.17) is 5.73 Å². The molecule has 1 aliphatic heterocycles. The van der Waals surface area contributed by atoms with Gasteiger partial charge in [-0.25, -0.2) is 0 Å². The molecule has 28 heavy (non-hydrogen) atoms. The number of nitrogens with zero attached hydrogens (tertiary/aromatic N) is 1. The summed E-state index contributed by atoms with van der Waals surface area (Å²) in [5.74, 6) is 3.79. The van der Waals surface area contributed by atoms with Crippen molar-refractivity contribution in [1.82, 2.24) is 4.90 Å². The Kier molecular flexibility index (Phi) is 5.25. The van der Waals surface area contributed by atoms with Gasteiger partial charge >= 0.3 is 6.18 Å². The zero-order valence-electron chi connectivity index (χ0n) is 14.8. The summed E-state index contributed by atoms with van der Waals surface area (Å²) in [4.78, 5) is 25.6. The van der Waals surface area contributed by atoms with Gasteiger partial charge in [-0.15, -0.1) is 5.92 Å². The Hall–Kier alpha value is -3.11. The number of halogens is 3. The maximum Gasteiger partial charge on any atom is 0.422 e. The minimum absolute atomic E-state index is 0.0648. The van der Waals surface area contributed by atoms with Crippen LogP contribution in [0, 0.1) is 11.8 Å². The van der Waals surface area contributed by atoms with Crippen LogP contribution in [0.5, 0.6) is 0 Å². The minimum atomic E-state index is -4.75. The van der Waals surface area contributed by atoms with Gasteiger partial charge in [-0.3, -0.25) is 14.5 Å². The topological polar surface area (TPSA) is 63.4 Å². The number of unbranched alkanes of at least 4 members (excludes halogenated alkanes) is 1. The van der Waals surface area contributed by atoms with Gasteiger partial charge < -0.3 is 5.73 Å². The number of benzene rings is 2. The van der Waals surface area contributed by atoms with Crippen LogP contribution in [0.15, 0.2) is 54.6 Å². The summed E-state index contributed by atoms with van der Waals surface area (Å²) in [7, 11) is 0. The minimum Gasteiger partial charge on any atom is -0.304 e. The summed E-state index contributed by atoms with van der Waals surface area (Å²) in [5, 5.41) is 0. The molecule has 1 aliphatic rings. The van der Waals surface area contributed by atoms with Crippen LogP contribution < -0.4 is 5.73 Å². The normalized spacial score (nSPS) is 15.6. The first-order chi connectivity index (χ1) is 13.3. The number of rotatable bonds is 4. The van der Waals surface area contributed by atoms with Crippen molar-refractivity contribution in [3.05, 3.63) is 71.3 Å². The quantitative estimate of drug-likeness (QED) is 0.497. The van der Waals surface area contributed by atoms with Crippen molar-refractivity contribution < 1.29 is 22.8 Å². The molecule has 3 rings (SSSR count). The average molecular weight is 386 g/mol. The number of nitrogens with two attached hydrogens (primary N) is 1.